The molecule has 0 aliphatic heterocycles. The molecular formula is C11H13ClF2N2O2. The highest BCUT2D eigenvalue weighted by Crippen LogP contribution is 2.28. The molecule has 0 saturated heterocycles. The van der Waals surface area contributed by atoms with Gasteiger partial charge < -0.3 is 10.5 Å². The van der Waals surface area contributed by atoms with Crippen LogP contribution in [0.4, 0.5) is 8.78 Å². The number of esters is 1. The van der Waals surface area contributed by atoms with Gasteiger partial charge in [0.2, 0.25) is 0 Å². The first kappa shape index (κ1) is 14.8. The summed E-state index contributed by atoms with van der Waals surface area (Å²) < 4.78 is 30.6. The fraction of sp³-hybridized carbons (Fsp3) is 0.455. The Morgan fingerprint density at radius 2 is 2.28 bits per heavy atom. The summed E-state index contributed by atoms with van der Waals surface area (Å²) in [6.07, 6.45) is -3.11. The van der Waals surface area contributed by atoms with E-state index in [2.05, 4.69) is 4.98 Å². The maximum atomic E-state index is 13.0. The Kier molecular flexibility index (Phi) is 5.43. The van der Waals surface area contributed by atoms with Crippen molar-refractivity contribution in [1.82, 2.24) is 4.98 Å². The molecule has 1 rings (SSSR count). The third-order valence-electron chi connectivity index (χ3n) is 2.25. The van der Waals surface area contributed by atoms with Crippen molar-refractivity contribution in [3.8, 4) is 0 Å². The minimum atomic E-state index is -2.77. The van der Waals surface area contributed by atoms with Crippen molar-refractivity contribution in [2.24, 2.45) is 5.73 Å². The van der Waals surface area contributed by atoms with Gasteiger partial charge >= 0.3 is 5.97 Å². The Bertz CT molecular complexity index is 441. The topological polar surface area (TPSA) is 65.2 Å². The average molecular weight is 279 g/mol. The molecule has 0 aromatic carbocycles. The third kappa shape index (κ3) is 3.61. The second kappa shape index (κ2) is 6.61. The van der Waals surface area contributed by atoms with Gasteiger partial charge in [0.05, 0.1) is 18.7 Å². The molecule has 1 heterocycles. The number of rotatable bonds is 5. The minimum absolute atomic E-state index is 0.0270. The summed E-state index contributed by atoms with van der Waals surface area (Å²) in [5.41, 5.74) is 5.14. The van der Waals surface area contributed by atoms with Gasteiger partial charge in [0.1, 0.15) is 5.15 Å². The molecule has 0 atom stereocenters. The van der Waals surface area contributed by atoms with Gasteiger partial charge in [-0.25, -0.2) is 13.8 Å². The van der Waals surface area contributed by atoms with Gasteiger partial charge in [0.15, 0.2) is 0 Å². The number of carbonyl (C=O) groups excluding carboxylic acids is 1. The van der Waals surface area contributed by atoms with Gasteiger partial charge in [0.25, 0.3) is 6.43 Å². The Morgan fingerprint density at radius 3 is 2.78 bits per heavy atom. The highest BCUT2D eigenvalue weighted by Gasteiger charge is 2.21. The molecule has 0 fully saturated rings. The maximum Gasteiger partial charge on any atom is 0.311 e. The van der Waals surface area contributed by atoms with Crippen LogP contribution in [-0.2, 0) is 22.5 Å². The lowest BCUT2D eigenvalue weighted by atomic mass is 10.0. The van der Waals surface area contributed by atoms with Crippen molar-refractivity contribution in [2.75, 3.05) is 6.61 Å². The number of alkyl halides is 2. The summed E-state index contributed by atoms with van der Waals surface area (Å²) in [5.74, 6) is -0.628. The normalized spacial score (nSPS) is 10.8. The number of carbonyl (C=O) groups is 1. The second-order valence-electron chi connectivity index (χ2n) is 3.45. The molecule has 0 bridgehead atoms. The third-order valence-corrected chi connectivity index (χ3v) is 2.44. The second-order valence-corrected chi connectivity index (χ2v) is 3.84. The number of ether oxygens (including phenoxy) is 1. The largest absolute Gasteiger partial charge is 0.466 e. The van der Waals surface area contributed by atoms with E-state index < -0.39 is 12.4 Å². The summed E-state index contributed by atoms with van der Waals surface area (Å²) in [6, 6.07) is 1.28. The van der Waals surface area contributed by atoms with Gasteiger partial charge in [-0.1, -0.05) is 11.6 Å². The molecule has 0 radical (unpaired) electrons. The lowest BCUT2D eigenvalue weighted by molar-refractivity contribution is -0.142. The van der Waals surface area contributed by atoms with Crippen molar-refractivity contribution < 1.29 is 18.3 Å². The van der Waals surface area contributed by atoms with Gasteiger partial charge in [-0.15, -0.1) is 0 Å². The Morgan fingerprint density at radius 1 is 1.61 bits per heavy atom. The van der Waals surface area contributed by atoms with Crippen LogP contribution in [0.25, 0.3) is 0 Å². The summed E-state index contributed by atoms with van der Waals surface area (Å²) in [7, 11) is 0. The molecule has 2 N–H and O–H groups in total. The van der Waals surface area contributed by atoms with Crippen LogP contribution in [0.1, 0.15) is 30.2 Å². The monoisotopic (exact) mass is 278 g/mol. The number of nitrogens with zero attached hydrogens (tertiary/aromatic N) is 1. The van der Waals surface area contributed by atoms with E-state index in [9.17, 15) is 13.6 Å². The van der Waals surface area contributed by atoms with Crippen LogP contribution >= 0.6 is 11.6 Å². The highest BCUT2D eigenvalue weighted by molar-refractivity contribution is 6.29. The molecule has 100 valence electrons. The van der Waals surface area contributed by atoms with E-state index in [1.165, 1.54) is 6.07 Å². The molecule has 0 unspecified atom stereocenters. The smallest absolute Gasteiger partial charge is 0.311 e. The first-order valence-electron chi connectivity index (χ1n) is 5.31. The lowest BCUT2D eigenvalue weighted by Gasteiger charge is -2.12. The molecule has 0 aliphatic rings. The Labute approximate surface area is 108 Å². The standard InChI is InChI=1S/C11H13ClF2N2O2/c1-2-18-9(17)4-7-10(11(13)14)6(5-15)3-8(12)16-7/h3,11H,2,4-5,15H2,1H3. The van der Waals surface area contributed by atoms with Gasteiger partial charge in [-0.05, 0) is 18.6 Å². The van der Waals surface area contributed by atoms with E-state index in [-0.39, 0.29) is 41.5 Å². The van der Waals surface area contributed by atoms with Crippen LogP contribution in [0, 0.1) is 0 Å². The highest BCUT2D eigenvalue weighted by atomic mass is 35.5. The van der Waals surface area contributed by atoms with E-state index in [1.807, 2.05) is 0 Å². The molecule has 18 heavy (non-hydrogen) atoms. The van der Waals surface area contributed by atoms with Crippen LogP contribution in [-0.4, -0.2) is 17.6 Å². The van der Waals surface area contributed by atoms with E-state index >= 15 is 0 Å². The number of hydrogen-bond donors (Lipinski definition) is 1. The minimum Gasteiger partial charge on any atom is -0.466 e. The van der Waals surface area contributed by atoms with Crippen molar-refractivity contribution in [3.05, 3.63) is 28.0 Å². The van der Waals surface area contributed by atoms with Crippen molar-refractivity contribution >= 4 is 17.6 Å². The number of pyridine rings is 1. The quantitative estimate of drug-likeness (QED) is 0.663. The van der Waals surface area contributed by atoms with Crippen LogP contribution in [0.3, 0.4) is 0 Å². The van der Waals surface area contributed by atoms with Crippen molar-refractivity contribution in [2.45, 2.75) is 26.3 Å². The number of nitrogens with two attached hydrogens (primary N) is 1. The molecule has 0 amide bonds. The van der Waals surface area contributed by atoms with E-state index in [4.69, 9.17) is 22.1 Å². The van der Waals surface area contributed by atoms with Crippen LogP contribution in [0.5, 0.6) is 0 Å². The fourth-order valence-electron chi connectivity index (χ4n) is 1.55. The zero-order valence-electron chi connectivity index (χ0n) is 9.75. The summed E-state index contributed by atoms with van der Waals surface area (Å²) >= 11 is 5.70. The van der Waals surface area contributed by atoms with Crippen LogP contribution in [0.2, 0.25) is 5.15 Å². The zero-order valence-corrected chi connectivity index (χ0v) is 10.5. The molecule has 1 aromatic heterocycles. The Hall–Kier alpha value is -1.27. The van der Waals surface area contributed by atoms with Gasteiger partial charge in [-0.3, -0.25) is 4.79 Å². The van der Waals surface area contributed by atoms with Gasteiger partial charge in [0, 0.05) is 12.1 Å². The Balaban J connectivity index is 3.15. The first-order chi connectivity index (χ1) is 8.49. The molecule has 7 heteroatoms. The molecule has 0 spiro atoms. The predicted molar refractivity (Wildman–Crippen MR) is 62.4 cm³/mol. The van der Waals surface area contributed by atoms with Crippen LogP contribution in [0.15, 0.2) is 6.07 Å². The van der Waals surface area contributed by atoms with Crippen LogP contribution < -0.4 is 5.73 Å². The van der Waals surface area contributed by atoms with Crippen molar-refractivity contribution in [1.29, 1.82) is 0 Å². The number of aromatic nitrogens is 1. The number of hydrogen-bond acceptors (Lipinski definition) is 4. The zero-order chi connectivity index (χ0) is 13.7. The maximum absolute atomic E-state index is 13.0. The summed E-state index contributed by atoms with van der Waals surface area (Å²) in [4.78, 5) is 15.1. The lowest BCUT2D eigenvalue weighted by Crippen LogP contribution is -2.14. The molecule has 4 nitrogen and oxygen atoms in total. The van der Waals surface area contributed by atoms with E-state index in [0.29, 0.717) is 0 Å². The average Bonchev–Trinajstić information content (AvgIpc) is 2.27. The SMILES string of the molecule is CCOC(=O)Cc1nc(Cl)cc(CN)c1C(F)F. The molecule has 1 aromatic rings. The molecular weight excluding hydrogens is 266 g/mol. The van der Waals surface area contributed by atoms with E-state index in [1.54, 1.807) is 6.92 Å². The molecule has 0 saturated carbocycles. The summed E-state index contributed by atoms with van der Waals surface area (Å²) in [6.45, 7) is 1.70. The summed E-state index contributed by atoms with van der Waals surface area (Å²) in [5, 5.41) is 0.0270. The van der Waals surface area contributed by atoms with Crippen molar-refractivity contribution in [3.63, 3.8) is 0 Å². The van der Waals surface area contributed by atoms with Gasteiger partial charge in [-0.2, -0.15) is 0 Å². The van der Waals surface area contributed by atoms with E-state index in [0.717, 1.165) is 0 Å². The number of halogens is 3. The predicted octanol–water partition coefficient (Wildman–Crippen LogP) is 2.24. The first-order valence-corrected chi connectivity index (χ1v) is 5.69. The fourth-order valence-corrected chi connectivity index (χ4v) is 1.78. The molecule has 0 aliphatic carbocycles.